The lowest BCUT2D eigenvalue weighted by Gasteiger charge is -1.97. The van der Waals surface area contributed by atoms with Gasteiger partial charge in [0.05, 0.1) is 6.04 Å². The van der Waals surface area contributed by atoms with Crippen LogP contribution in [0.15, 0.2) is 6.20 Å². The van der Waals surface area contributed by atoms with Gasteiger partial charge in [-0.15, -0.1) is 0 Å². The summed E-state index contributed by atoms with van der Waals surface area (Å²) >= 11 is 0. The molecule has 2 rings (SSSR count). The number of aromatic nitrogens is 2. The van der Waals surface area contributed by atoms with E-state index in [4.69, 9.17) is 4.74 Å². The van der Waals surface area contributed by atoms with Crippen LogP contribution in [-0.2, 0) is 0 Å². The van der Waals surface area contributed by atoms with Gasteiger partial charge in [0.1, 0.15) is 12.8 Å². The van der Waals surface area contributed by atoms with Crippen molar-refractivity contribution >= 4 is 5.82 Å². The third-order valence-electron chi connectivity index (χ3n) is 1.80. The molecule has 12 heavy (non-hydrogen) atoms. The first-order valence-electron chi connectivity index (χ1n) is 3.54. The van der Waals surface area contributed by atoms with Gasteiger partial charge < -0.3 is 14.9 Å². The minimum Gasteiger partial charge on any atom is -0.444 e. The average molecular weight is 169 g/mol. The van der Waals surface area contributed by atoms with Crippen LogP contribution in [-0.4, -0.2) is 21.1 Å². The van der Waals surface area contributed by atoms with Crippen LogP contribution in [0, 0.1) is 10.1 Å². The Morgan fingerprint density at radius 2 is 2.67 bits per heavy atom. The summed E-state index contributed by atoms with van der Waals surface area (Å²) in [6.45, 7) is 2.46. The third kappa shape index (κ3) is 0.843. The van der Waals surface area contributed by atoms with E-state index in [1.807, 2.05) is 6.92 Å². The van der Waals surface area contributed by atoms with Gasteiger partial charge in [0, 0.05) is 4.98 Å². The Morgan fingerprint density at radius 3 is 3.25 bits per heavy atom. The maximum Gasteiger partial charge on any atom is 0.414 e. The number of nitro groups is 1. The Hall–Kier alpha value is -1.59. The maximum atomic E-state index is 10.3. The zero-order chi connectivity index (χ0) is 8.72. The van der Waals surface area contributed by atoms with Gasteiger partial charge >= 0.3 is 11.8 Å². The predicted octanol–water partition coefficient (Wildman–Crippen LogP) is 0.745. The van der Waals surface area contributed by atoms with Crippen molar-refractivity contribution in [1.29, 1.82) is 0 Å². The molecule has 6 nitrogen and oxygen atoms in total. The molecule has 0 spiro atoms. The SMILES string of the molecule is CC1COc2nc([N+](=O)[O-])cn21. The van der Waals surface area contributed by atoms with E-state index in [2.05, 4.69) is 4.98 Å². The molecule has 0 bridgehead atoms. The summed E-state index contributed by atoms with van der Waals surface area (Å²) < 4.78 is 6.75. The second kappa shape index (κ2) is 2.20. The van der Waals surface area contributed by atoms with Crippen LogP contribution >= 0.6 is 0 Å². The van der Waals surface area contributed by atoms with Gasteiger partial charge in [-0.1, -0.05) is 0 Å². The Morgan fingerprint density at radius 1 is 1.92 bits per heavy atom. The zero-order valence-corrected chi connectivity index (χ0v) is 6.43. The highest BCUT2D eigenvalue weighted by molar-refractivity contribution is 5.22. The Balaban J connectivity index is 2.43. The van der Waals surface area contributed by atoms with E-state index in [9.17, 15) is 10.1 Å². The van der Waals surface area contributed by atoms with E-state index in [0.29, 0.717) is 12.6 Å². The minimum atomic E-state index is -0.526. The second-order valence-electron chi connectivity index (χ2n) is 2.71. The van der Waals surface area contributed by atoms with Crippen molar-refractivity contribution in [3.63, 3.8) is 0 Å². The molecule has 0 N–H and O–H groups in total. The van der Waals surface area contributed by atoms with Gasteiger partial charge in [0.2, 0.25) is 0 Å². The van der Waals surface area contributed by atoms with Crippen LogP contribution in [0.3, 0.4) is 0 Å². The van der Waals surface area contributed by atoms with Crippen molar-refractivity contribution in [1.82, 2.24) is 9.55 Å². The highest BCUT2D eigenvalue weighted by atomic mass is 16.6. The van der Waals surface area contributed by atoms with E-state index < -0.39 is 4.92 Å². The molecule has 0 aliphatic carbocycles. The lowest BCUT2D eigenvalue weighted by molar-refractivity contribution is -0.389. The fourth-order valence-electron chi connectivity index (χ4n) is 1.15. The topological polar surface area (TPSA) is 70.2 Å². The molecule has 1 aromatic rings. The van der Waals surface area contributed by atoms with Crippen LogP contribution < -0.4 is 4.74 Å². The maximum absolute atomic E-state index is 10.3. The van der Waals surface area contributed by atoms with Crippen molar-refractivity contribution < 1.29 is 9.66 Å². The van der Waals surface area contributed by atoms with Crippen LogP contribution in [0.2, 0.25) is 0 Å². The molecule has 0 aromatic carbocycles. The quantitative estimate of drug-likeness (QED) is 0.459. The van der Waals surface area contributed by atoms with E-state index >= 15 is 0 Å². The van der Waals surface area contributed by atoms with Crippen LogP contribution in [0.5, 0.6) is 6.01 Å². The van der Waals surface area contributed by atoms with Gasteiger partial charge in [-0.3, -0.25) is 4.57 Å². The first-order valence-corrected chi connectivity index (χ1v) is 3.54. The van der Waals surface area contributed by atoms with Gasteiger partial charge in [0.25, 0.3) is 0 Å². The Labute approximate surface area is 67.9 Å². The minimum absolute atomic E-state index is 0.140. The highest BCUT2D eigenvalue weighted by Crippen LogP contribution is 2.27. The molecule has 1 unspecified atom stereocenters. The fourth-order valence-corrected chi connectivity index (χ4v) is 1.15. The summed E-state index contributed by atoms with van der Waals surface area (Å²) in [7, 11) is 0. The monoisotopic (exact) mass is 169 g/mol. The van der Waals surface area contributed by atoms with Crippen molar-refractivity contribution in [2.75, 3.05) is 6.61 Å². The third-order valence-corrected chi connectivity index (χ3v) is 1.80. The number of rotatable bonds is 1. The molecule has 0 radical (unpaired) electrons. The normalized spacial score (nSPS) is 20.2. The molecular weight excluding hydrogens is 162 g/mol. The highest BCUT2D eigenvalue weighted by Gasteiger charge is 2.28. The molecular formula is C6H7N3O3. The zero-order valence-electron chi connectivity index (χ0n) is 6.43. The summed E-state index contributed by atoms with van der Waals surface area (Å²) in [5.74, 6) is -0.156. The number of hydrogen-bond donors (Lipinski definition) is 0. The van der Waals surface area contributed by atoms with Gasteiger partial charge in [-0.05, 0) is 11.8 Å². The van der Waals surface area contributed by atoms with Crippen LogP contribution in [0.1, 0.15) is 13.0 Å². The molecule has 1 atom stereocenters. The van der Waals surface area contributed by atoms with Gasteiger partial charge in [-0.2, -0.15) is 0 Å². The molecule has 6 heteroatoms. The van der Waals surface area contributed by atoms with Crippen molar-refractivity contribution in [3.8, 4) is 6.01 Å². The molecule has 1 aliphatic rings. The molecule has 1 aliphatic heterocycles. The molecule has 0 saturated heterocycles. The molecule has 1 aromatic heterocycles. The van der Waals surface area contributed by atoms with Crippen LogP contribution in [0.4, 0.5) is 5.82 Å². The number of nitrogens with zero attached hydrogens (tertiary/aromatic N) is 3. The largest absolute Gasteiger partial charge is 0.444 e. The van der Waals surface area contributed by atoms with E-state index in [1.54, 1.807) is 4.57 Å². The molecule has 0 fully saturated rings. The lowest BCUT2D eigenvalue weighted by Crippen LogP contribution is -2.01. The molecule has 2 heterocycles. The number of hydrogen-bond acceptors (Lipinski definition) is 4. The number of ether oxygens (including phenoxy) is 1. The summed E-state index contributed by atoms with van der Waals surface area (Å²) in [4.78, 5) is 13.4. The van der Waals surface area contributed by atoms with Gasteiger partial charge in [-0.25, -0.2) is 0 Å². The molecule has 64 valence electrons. The van der Waals surface area contributed by atoms with Gasteiger partial charge in [0.15, 0.2) is 0 Å². The summed E-state index contributed by atoms with van der Waals surface area (Å²) in [6, 6.07) is 0.482. The first-order chi connectivity index (χ1) is 5.68. The van der Waals surface area contributed by atoms with Crippen molar-refractivity contribution in [2.45, 2.75) is 13.0 Å². The van der Waals surface area contributed by atoms with Crippen molar-refractivity contribution in [2.24, 2.45) is 0 Å². The van der Waals surface area contributed by atoms with Crippen LogP contribution in [0.25, 0.3) is 0 Å². The van der Waals surface area contributed by atoms with Crippen molar-refractivity contribution in [3.05, 3.63) is 16.3 Å². The van der Waals surface area contributed by atoms with E-state index in [1.165, 1.54) is 6.20 Å². The standard InChI is InChI=1S/C6H7N3O3/c1-4-3-12-6-7-5(9(10)11)2-8(4)6/h2,4H,3H2,1H3. The van der Waals surface area contributed by atoms with E-state index in [-0.39, 0.29) is 11.9 Å². The molecule has 0 amide bonds. The summed E-state index contributed by atoms with van der Waals surface area (Å²) in [5, 5.41) is 10.3. The summed E-state index contributed by atoms with van der Waals surface area (Å²) in [6.07, 6.45) is 1.40. The summed E-state index contributed by atoms with van der Waals surface area (Å²) in [5.41, 5.74) is 0. The average Bonchev–Trinajstić information content (AvgIpc) is 2.53. The number of imidazole rings is 1. The Kier molecular flexibility index (Phi) is 1.30. The van der Waals surface area contributed by atoms with E-state index in [0.717, 1.165) is 0 Å². The fraction of sp³-hybridized carbons (Fsp3) is 0.500. The smallest absolute Gasteiger partial charge is 0.414 e. The Bertz CT molecular complexity index is 333. The molecule has 0 saturated carbocycles. The number of fused-ring (bicyclic) bond motifs is 1. The second-order valence-corrected chi connectivity index (χ2v) is 2.71. The lowest BCUT2D eigenvalue weighted by atomic mass is 10.4. The predicted molar refractivity (Wildman–Crippen MR) is 39.1 cm³/mol. The first kappa shape index (κ1) is 7.08.